The third kappa shape index (κ3) is 5.18. The van der Waals surface area contributed by atoms with E-state index in [0.29, 0.717) is 6.54 Å². The number of nitrogens with zero attached hydrogens (tertiary/aromatic N) is 1. The normalized spacial score (nSPS) is 24.5. The molecule has 0 aromatic carbocycles. The van der Waals surface area contributed by atoms with Crippen LogP contribution in [0.1, 0.15) is 26.2 Å². The molecule has 0 saturated carbocycles. The first-order valence-electron chi connectivity index (χ1n) is 4.48. The molecule has 1 aliphatic rings. The predicted octanol–water partition coefficient (Wildman–Crippen LogP) is -0.749. The van der Waals surface area contributed by atoms with Crippen LogP contribution < -0.4 is 51.4 Å². The Morgan fingerprint density at radius 3 is 2.46 bits per heavy atom. The van der Waals surface area contributed by atoms with Gasteiger partial charge in [-0.2, -0.15) is 0 Å². The van der Waals surface area contributed by atoms with Crippen molar-refractivity contribution in [2.45, 2.75) is 32.2 Å². The first-order chi connectivity index (χ1) is 5.53. The van der Waals surface area contributed by atoms with E-state index >= 15 is 0 Å². The van der Waals surface area contributed by atoms with Crippen molar-refractivity contribution in [3.63, 3.8) is 0 Å². The fourth-order valence-corrected chi connectivity index (χ4v) is 1.86. The monoisotopic (exact) mass is 219 g/mol. The van der Waals surface area contributed by atoms with Crippen molar-refractivity contribution in [2.24, 2.45) is 0 Å². The summed E-state index contributed by atoms with van der Waals surface area (Å²) < 4.78 is 36.1. The van der Waals surface area contributed by atoms with Crippen molar-refractivity contribution in [1.82, 2.24) is 4.90 Å². The molecule has 0 aromatic heterocycles. The van der Waals surface area contributed by atoms with Gasteiger partial charge in [0.2, 0.25) is 0 Å². The van der Waals surface area contributed by atoms with E-state index < -0.39 is 13.4 Å². The van der Waals surface area contributed by atoms with Crippen LogP contribution in [0.2, 0.25) is 0 Å². The fourth-order valence-electron chi connectivity index (χ4n) is 1.86. The number of halogens is 3. The maximum Gasteiger partial charge on any atom is 1.00 e. The van der Waals surface area contributed by atoms with E-state index in [0.717, 1.165) is 19.3 Å². The minimum atomic E-state index is -4.63. The first-order valence-corrected chi connectivity index (χ1v) is 4.48. The quantitative estimate of drug-likeness (QED) is 0.564. The van der Waals surface area contributed by atoms with E-state index in [4.69, 9.17) is 0 Å². The number of rotatable bonds is 3. The van der Waals surface area contributed by atoms with Crippen LogP contribution in [-0.4, -0.2) is 30.9 Å². The van der Waals surface area contributed by atoms with Crippen LogP contribution in [0.25, 0.3) is 0 Å². The second kappa shape index (κ2) is 6.13. The Balaban J connectivity index is 0.00000144. The van der Waals surface area contributed by atoms with Gasteiger partial charge in [-0.15, -0.1) is 0 Å². The standard InChI is InChI=1S/C7H14BF3N.K/c1-2-7-4-3-5-12(7)6-8(9,10)11;/h7H,2-6H2,1H3;/q-1;+1. The van der Waals surface area contributed by atoms with Crippen LogP contribution in [0.3, 0.4) is 0 Å². The fraction of sp³-hybridized carbons (Fsp3) is 1.00. The smallest absolute Gasteiger partial charge is 0.448 e. The molecule has 0 bridgehead atoms. The molecule has 1 unspecified atom stereocenters. The Morgan fingerprint density at radius 1 is 1.38 bits per heavy atom. The Labute approximate surface area is 120 Å². The van der Waals surface area contributed by atoms with Gasteiger partial charge in [-0.3, -0.25) is 0 Å². The molecule has 0 amide bonds. The molecule has 1 saturated heterocycles. The molecule has 0 aliphatic carbocycles. The van der Waals surface area contributed by atoms with Gasteiger partial charge in [0.25, 0.3) is 0 Å². The minimum absolute atomic E-state index is 0. The molecule has 0 N–H and O–H groups in total. The van der Waals surface area contributed by atoms with Crippen LogP contribution in [-0.2, 0) is 0 Å². The third-order valence-corrected chi connectivity index (χ3v) is 2.41. The summed E-state index contributed by atoms with van der Waals surface area (Å²) in [5, 5.41) is 0. The number of hydrogen-bond donors (Lipinski definition) is 0. The Bertz CT molecular complexity index is 153. The second-order valence-corrected chi connectivity index (χ2v) is 3.41. The van der Waals surface area contributed by atoms with Crippen LogP contribution in [0.15, 0.2) is 0 Å². The maximum atomic E-state index is 12.0. The molecule has 1 fully saturated rings. The van der Waals surface area contributed by atoms with Crippen molar-refractivity contribution in [3.8, 4) is 0 Å². The van der Waals surface area contributed by atoms with E-state index in [1.807, 2.05) is 6.92 Å². The van der Waals surface area contributed by atoms with Gasteiger partial charge < -0.3 is 17.8 Å². The topological polar surface area (TPSA) is 3.24 Å². The van der Waals surface area contributed by atoms with Crippen LogP contribution in [0.5, 0.6) is 0 Å². The predicted molar refractivity (Wildman–Crippen MR) is 44.0 cm³/mol. The summed E-state index contributed by atoms with van der Waals surface area (Å²) in [5.41, 5.74) is 0. The zero-order valence-electron chi connectivity index (χ0n) is 8.27. The van der Waals surface area contributed by atoms with Gasteiger partial charge in [0.05, 0.1) is 0 Å². The molecule has 1 rings (SSSR count). The summed E-state index contributed by atoms with van der Waals surface area (Å²) >= 11 is 0. The molecule has 1 nitrogen and oxygen atoms in total. The van der Waals surface area contributed by atoms with Crippen molar-refractivity contribution in [3.05, 3.63) is 0 Å². The van der Waals surface area contributed by atoms with E-state index in [9.17, 15) is 12.9 Å². The van der Waals surface area contributed by atoms with E-state index in [1.165, 1.54) is 0 Å². The van der Waals surface area contributed by atoms with Crippen molar-refractivity contribution in [1.29, 1.82) is 0 Å². The van der Waals surface area contributed by atoms with Crippen LogP contribution in [0.4, 0.5) is 12.9 Å². The summed E-state index contributed by atoms with van der Waals surface area (Å²) in [6.45, 7) is -2.05. The van der Waals surface area contributed by atoms with Crippen LogP contribution in [0, 0.1) is 0 Å². The maximum absolute atomic E-state index is 12.0. The molecular formula is C7H14BF3KN. The van der Waals surface area contributed by atoms with Gasteiger partial charge >= 0.3 is 58.4 Å². The SMILES string of the molecule is CCC1CCCN1C[B-](F)(F)F.[K+]. The summed E-state index contributed by atoms with van der Waals surface area (Å²) in [4.78, 5) is 1.57. The molecule has 6 heteroatoms. The zero-order valence-corrected chi connectivity index (χ0v) is 11.4. The number of likely N-dealkylation sites (tertiary alicyclic amines) is 1. The average Bonchev–Trinajstić information content (AvgIpc) is 2.31. The summed E-state index contributed by atoms with van der Waals surface area (Å²) in [6.07, 6.45) is 2.03. The molecule has 13 heavy (non-hydrogen) atoms. The molecule has 0 spiro atoms. The third-order valence-electron chi connectivity index (χ3n) is 2.41. The summed E-state index contributed by atoms with van der Waals surface area (Å²) in [7, 11) is 0. The summed E-state index contributed by atoms with van der Waals surface area (Å²) in [5.74, 6) is 0. The van der Waals surface area contributed by atoms with Gasteiger partial charge in [0, 0.05) is 6.04 Å². The van der Waals surface area contributed by atoms with Crippen molar-refractivity contribution >= 4 is 6.98 Å². The van der Waals surface area contributed by atoms with Crippen LogP contribution >= 0.6 is 0 Å². The van der Waals surface area contributed by atoms with Crippen molar-refractivity contribution < 1.29 is 64.3 Å². The van der Waals surface area contributed by atoms with Gasteiger partial charge in [-0.25, -0.2) is 0 Å². The Hall–Kier alpha value is 1.45. The summed E-state index contributed by atoms with van der Waals surface area (Å²) in [6, 6.07) is 0.175. The average molecular weight is 219 g/mol. The molecular weight excluding hydrogens is 205 g/mol. The molecule has 72 valence electrons. The van der Waals surface area contributed by atoms with E-state index in [-0.39, 0.29) is 57.4 Å². The minimum Gasteiger partial charge on any atom is -0.448 e. The molecule has 0 aromatic rings. The van der Waals surface area contributed by atoms with Gasteiger partial charge in [-0.05, 0) is 32.3 Å². The molecule has 1 aliphatic heterocycles. The Morgan fingerprint density at radius 2 is 2.00 bits per heavy atom. The second-order valence-electron chi connectivity index (χ2n) is 3.41. The van der Waals surface area contributed by atoms with E-state index in [1.54, 1.807) is 4.90 Å². The Kier molecular flexibility index (Phi) is 6.81. The molecule has 1 heterocycles. The van der Waals surface area contributed by atoms with E-state index in [2.05, 4.69) is 0 Å². The van der Waals surface area contributed by atoms with Crippen molar-refractivity contribution in [2.75, 3.05) is 13.0 Å². The molecule has 0 radical (unpaired) electrons. The van der Waals surface area contributed by atoms with Gasteiger partial charge in [-0.1, -0.05) is 6.92 Å². The van der Waals surface area contributed by atoms with Gasteiger partial charge in [0.1, 0.15) is 0 Å². The van der Waals surface area contributed by atoms with Gasteiger partial charge in [0.15, 0.2) is 0 Å². The largest absolute Gasteiger partial charge is 1.00 e. The first kappa shape index (κ1) is 14.5. The number of hydrogen-bond acceptors (Lipinski definition) is 1. The molecule has 1 atom stereocenters. The zero-order chi connectivity index (χ0) is 9.19.